The quantitative estimate of drug-likeness (QED) is 0.174. The van der Waals surface area contributed by atoms with Crippen molar-refractivity contribution in [3.8, 4) is 44.5 Å². The Bertz CT molecular complexity index is 2820. The van der Waals surface area contributed by atoms with E-state index in [0.29, 0.717) is 0 Å². The maximum Gasteiger partial charge on any atom is 0.159 e. The summed E-state index contributed by atoms with van der Waals surface area (Å²) in [5.74, 6) is 0. The summed E-state index contributed by atoms with van der Waals surface area (Å²) in [6.07, 6.45) is 0. The van der Waals surface area contributed by atoms with Gasteiger partial charge in [0.25, 0.3) is 0 Å². The molecular weight excluding hydrogens is 643 g/mol. The molecule has 0 N–H and O–H groups in total. The van der Waals surface area contributed by atoms with Gasteiger partial charge in [-0.05, 0) is 80.4 Å². The number of rotatable bonds is 6. The molecule has 0 aliphatic heterocycles. The minimum absolute atomic E-state index is 0.147. The van der Waals surface area contributed by atoms with Crippen LogP contribution in [0, 0.1) is 0 Å². The average Bonchev–Trinajstić information content (AvgIpc) is 3.71. The second-order valence-corrected chi connectivity index (χ2v) is 14.5. The first-order valence-electron chi connectivity index (χ1n) is 18.4. The third-order valence-corrected chi connectivity index (χ3v) is 11.1. The molecule has 1 heterocycles. The Morgan fingerprint density at radius 3 is 1.74 bits per heavy atom. The van der Waals surface area contributed by atoms with Crippen molar-refractivity contribution in [1.29, 1.82) is 0 Å². The number of para-hydroxylation sites is 3. The second kappa shape index (κ2) is 12.3. The summed E-state index contributed by atoms with van der Waals surface area (Å²) >= 11 is 0. The molecular formula is C51H37NO. The van der Waals surface area contributed by atoms with E-state index in [1.165, 1.54) is 50.1 Å². The van der Waals surface area contributed by atoms with Crippen molar-refractivity contribution in [2.75, 3.05) is 4.90 Å². The molecule has 0 unspecified atom stereocenters. The molecule has 0 bridgehead atoms. The summed E-state index contributed by atoms with van der Waals surface area (Å²) in [7, 11) is 0. The van der Waals surface area contributed by atoms with Gasteiger partial charge in [-0.2, -0.15) is 0 Å². The molecule has 0 atom stereocenters. The number of benzene rings is 8. The van der Waals surface area contributed by atoms with E-state index in [1.54, 1.807) is 0 Å². The zero-order valence-electron chi connectivity index (χ0n) is 29.8. The fourth-order valence-corrected chi connectivity index (χ4v) is 8.58. The summed E-state index contributed by atoms with van der Waals surface area (Å²) in [5, 5.41) is 2.22. The van der Waals surface area contributed by atoms with Crippen LogP contribution in [0.4, 0.5) is 17.1 Å². The number of anilines is 3. The highest BCUT2D eigenvalue weighted by molar-refractivity contribution is 6.11. The summed E-state index contributed by atoms with van der Waals surface area (Å²) in [5.41, 5.74) is 17.2. The van der Waals surface area contributed by atoms with Gasteiger partial charge in [-0.3, -0.25) is 0 Å². The van der Waals surface area contributed by atoms with Gasteiger partial charge in [-0.25, -0.2) is 0 Å². The summed E-state index contributed by atoms with van der Waals surface area (Å²) < 4.78 is 6.75. The predicted octanol–water partition coefficient (Wildman–Crippen LogP) is 14.4. The van der Waals surface area contributed by atoms with E-state index in [9.17, 15) is 0 Å². The fourth-order valence-electron chi connectivity index (χ4n) is 8.58. The zero-order valence-corrected chi connectivity index (χ0v) is 29.8. The number of furan rings is 1. The van der Waals surface area contributed by atoms with Gasteiger partial charge >= 0.3 is 0 Å². The molecule has 1 aliphatic rings. The van der Waals surface area contributed by atoms with Crippen LogP contribution < -0.4 is 4.90 Å². The lowest BCUT2D eigenvalue weighted by molar-refractivity contribution is 0.660. The third kappa shape index (κ3) is 4.94. The van der Waals surface area contributed by atoms with E-state index in [2.05, 4.69) is 201 Å². The highest BCUT2D eigenvalue weighted by Gasteiger charge is 2.36. The Morgan fingerprint density at radius 2 is 0.943 bits per heavy atom. The van der Waals surface area contributed by atoms with Crippen LogP contribution in [0.25, 0.3) is 66.4 Å². The molecule has 10 rings (SSSR count). The van der Waals surface area contributed by atoms with E-state index in [4.69, 9.17) is 4.42 Å². The Balaban J connectivity index is 1.23. The molecule has 1 aromatic heterocycles. The van der Waals surface area contributed by atoms with Gasteiger partial charge in [-0.15, -0.1) is 0 Å². The van der Waals surface area contributed by atoms with Gasteiger partial charge in [0.15, 0.2) is 5.58 Å². The fraction of sp³-hybridized carbons (Fsp3) is 0.0588. The molecule has 0 saturated heterocycles. The van der Waals surface area contributed by atoms with Crippen LogP contribution in [0.5, 0.6) is 0 Å². The van der Waals surface area contributed by atoms with Crippen molar-refractivity contribution < 1.29 is 4.42 Å². The monoisotopic (exact) mass is 679 g/mol. The third-order valence-electron chi connectivity index (χ3n) is 11.1. The van der Waals surface area contributed by atoms with Gasteiger partial charge < -0.3 is 9.32 Å². The molecule has 2 nitrogen and oxygen atoms in total. The molecule has 0 spiro atoms. The molecule has 0 amide bonds. The standard InChI is InChI=1S/C51H37NO/c1-51(2)45-27-13-10-23-40(45)41-32-31-35(33-46(41)51)52(48-29-16-26-44-43-25-12-15-30-49(43)53-50(44)48)47-28-14-11-24-42(47)39-22-9-8-21-38(39)37-20-7-6-19-36(37)34-17-4-3-5-18-34/h3-33H,1-2H3. The molecule has 9 aromatic rings. The largest absolute Gasteiger partial charge is 0.454 e. The first-order valence-corrected chi connectivity index (χ1v) is 18.4. The molecule has 252 valence electrons. The SMILES string of the molecule is CC1(C)c2ccccc2-c2ccc(N(c3ccccc3-c3ccccc3-c3ccccc3-c3ccccc3)c3cccc4c3oc3ccccc34)cc21. The lowest BCUT2D eigenvalue weighted by Gasteiger charge is -2.30. The molecule has 0 saturated carbocycles. The van der Waals surface area contributed by atoms with Gasteiger partial charge in [0.05, 0.1) is 11.4 Å². The Kier molecular flexibility index (Phi) is 7.19. The van der Waals surface area contributed by atoms with E-state index in [-0.39, 0.29) is 5.41 Å². The highest BCUT2D eigenvalue weighted by atomic mass is 16.3. The van der Waals surface area contributed by atoms with Crippen molar-refractivity contribution in [3.05, 3.63) is 199 Å². The van der Waals surface area contributed by atoms with Crippen LogP contribution >= 0.6 is 0 Å². The number of hydrogen-bond acceptors (Lipinski definition) is 2. The molecule has 0 fully saturated rings. The average molecular weight is 680 g/mol. The first kappa shape index (κ1) is 31.1. The van der Waals surface area contributed by atoms with Crippen molar-refractivity contribution in [2.45, 2.75) is 19.3 Å². The lowest BCUT2D eigenvalue weighted by atomic mass is 9.82. The maximum absolute atomic E-state index is 6.75. The minimum Gasteiger partial charge on any atom is -0.454 e. The summed E-state index contributed by atoms with van der Waals surface area (Å²) in [6, 6.07) is 67.8. The predicted molar refractivity (Wildman–Crippen MR) is 222 cm³/mol. The van der Waals surface area contributed by atoms with Crippen LogP contribution in [0.3, 0.4) is 0 Å². The van der Waals surface area contributed by atoms with Crippen molar-refractivity contribution in [2.24, 2.45) is 0 Å². The smallest absolute Gasteiger partial charge is 0.159 e. The van der Waals surface area contributed by atoms with Crippen LogP contribution in [0.15, 0.2) is 192 Å². The van der Waals surface area contributed by atoms with Crippen LogP contribution in [0.2, 0.25) is 0 Å². The van der Waals surface area contributed by atoms with Crippen molar-refractivity contribution in [3.63, 3.8) is 0 Å². The molecule has 0 radical (unpaired) electrons. The summed E-state index contributed by atoms with van der Waals surface area (Å²) in [4.78, 5) is 2.42. The second-order valence-electron chi connectivity index (χ2n) is 14.5. The Hall–Kier alpha value is -6.64. The molecule has 1 aliphatic carbocycles. The van der Waals surface area contributed by atoms with Gasteiger partial charge in [0, 0.05) is 27.4 Å². The first-order chi connectivity index (χ1) is 26.1. The topological polar surface area (TPSA) is 16.4 Å². The van der Waals surface area contributed by atoms with Crippen LogP contribution in [-0.4, -0.2) is 0 Å². The molecule has 8 aromatic carbocycles. The van der Waals surface area contributed by atoms with Gasteiger partial charge in [0.2, 0.25) is 0 Å². The van der Waals surface area contributed by atoms with Crippen LogP contribution in [-0.2, 0) is 5.41 Å². The van der Waals surface area contributed by atoms with Crippen molar-refractivity contribution >= 4 is 39.0 Å². The molecule has 53 heavy (non-hydrogen) atoms. The highest BCUT2D eigenvalue weighted by Crippen LogP contribution is 2.52. The van der Waals surface area contributed by atoms with Gasteiger partial charge in [-0.1, -0.05) is 172 Å². The Morgan fingerprint density at radius 1 is 0.396 bits per heavy atom. The molecule has 2 heteroatoms. The van der Waals surface area contributed by atoms with E-state index >= 15 is 0 Å². The van der Waals surface area contributed by atoms with Crippen LogP contribution in [0.1, 0.15) is 25.0 Å². The van der Waals surface area contributed by atoms with E-state index < -0.39 is 0 Å². The number of nitrogens with zero attached hydrogens (tertiary/aromatic N) is 1. The summed E-state index contributed by atoms with van der Waals surface area (Å²) in [6.45, 7) is 4.69. The van der Waals surface area contributed by atoms with Gasteiger partial charge in [0.1, 0.15) is 5.58 Å². The van der Waals surface area contributed by atoms with E-state index in [1.807, 2.05) is 6.07 Å². The number of fused-ring (bicyclic) bond motifs is 6. The minimum atomic E-state index is -0.147. The number of hydrogen-bond donors (Lipinski definition) is 0. The lowest BCUT2D eigenvalue weighted by Crippen LogP contribution is -2.17. The van der Waals surface area contributed by atoms with Crippen molar-refractivity contribution in [1.82, 2.24) is 0 Å². The zero-order chi connectivity index (χ0) is 35.5. The normalized spacial score (nSPS) is 12.9. The Labute approximate surface area is 310 Å². The van der Waals surface area contributed by atoms with E-state index in [0.717, 1.165) is 44.6 Å². The maximum atomic E-state index is 6.75.